The Morgan fingerprint density at radius 2 is 2.33 bits per heavy atom. The molecule has 1 rings (SSSR count). The molecule has 0 fully saturated rings. The summed E-state index contributed by atoms with van der Waals surface area (Å²) in [6, 6.07) is 2.95. The number of aromatic amines is 1. The summed E-state index contributed by atoms with van der Waals surface area (Å²) < 4.78 is 5.24. The average Bonchev–Trinajstić information content (AvgIpc) is 2.03. The molecule has 0 unspecified atom stereocenters. The number of nitrogens with zero attached hydrogens (tertiary/aromatic N) is 1. The Kier molecular flexibility index (Phi) is 2.85. The van der Waals surface area contributed by atoms with Gasteiger partial charge in [0.25, 0.3) is 5.56 Å². The van der Waals surface area contributed by atoms with Gasteiger partial charge in [-0.05, 0) is 5.92 Å². The van der Waals surface area contributed by atoms with Gasteiger partial charge in [0.05, 0.1) is 6.61 Å². The molecule has 1 aromatic heterocycles. The van der Waals surface area contributed by atoms with E-state index in [2.05, 4.69) is 10.2 Å². The molecule has 0 atom stereocenters. The third-order valence-corrected chi connectivity index (χ3v) is 1.22. The predicted octanol–water partition coefficient (Wildman–Crippen LogP) is 0.805. The smallest absolute Gasteiger partial charge is 0.264 e. The lowest BCUT2D eigenvalue weighted by atomic mass is 10.2. The van der Waals surface area contributed by atoms with E-state index in [1.165, 1.54) is 6.07 Å². The zero-order valence-electron chi connectivity index (χ0n) is 7.20. The van der Waals surface area contributed by atoms with Crippen LogP contribution in [0.1, 0.15) is 13.8 Å². The Morgan fingerprint density at radius 1 is 1.58 bits per heavy atom. The number of hydrogen-bond acceptors (Lipinski definition) is 3. The van der Waals surface area contributed by atoms with Crippen LogP contribution in [-0.2, 0) is 0 Å². The highest BCUT2D eigenvalue weighted by Gasteiger charge is 1.96. The maximum Gasteiger partial charge on any atom is 0.264 e. The lowest BCUT2D eigenvalue weighted by molar-refractivity contribution is 0.258. The Hall–Kier alpha value is -1.32. The molecule has 0 aliphatic rings. The van der Waals surface area contributed by atoms with Crippen molar-refractivity contribution in [3.05, 3.63) is 22.5 Å². The van der Waals surface area contributed by atoms with Crippen molar-refractivity contribution in [1.82, 2.24) is 10.2 Å². The van der Waals surface area contributed by atoms with Gasteiger partial charge in [0, 0.05) is 12.1 Å². The van der Waals surface area contributed by atoms with Gasteiger partial charge in [-0.3, -0.25) is 4.79 Å². The molecule has 4 heteroatoms. The molecule has 0 aliphatic heterocycles. The van der Waals surface area contributed by atoms with Crippen LogP contribution >= 0.6 is 0 Å². The summed E-state index contributed by atoms with van der Waals surface area (Å²) >= 11 is 0. The lowest BCUT2D eigenvalue weighted by Gasteiger charge is -2.05. The summed E-state index contributed by atoms with van der Waals surface area (Å²) in [5.41, 5.74) is -0.216. The summed E-state index contributed by atoms with van der Waals surface area (Å²) in [5, 5.41) is 5.98. The largest absolute Gasteiger partial charge is 0.476 e. The summed E-state index contributed by atoms with van der Waals surface area (Å²) in [7, 11) is 0. The zero-order valence-corrected chi connectivity index (χ0v) is 7.20. The molecule has 0 bridgehead atoms. The van der Waals surface area contributed by atoms with Gasteiger partial charge in [-0.25, -0.2) is 5.10 Å². The fraction of sp³-hybridized carbons (Fsp3) is 0.500. The second kappa shape index (κ2) is 3.90. The highest BCUT2D eigenvalue weighted by molar-refractivity contribution is 5.05. The molecule has 1 N–H and O–H groups in total. The second-order valence-corrected chi connectivity index (χ2v) is 2.96. The van der Waals surface area contributed by atoms with Crippen LogP contribution in [0.25, 0.3) is 0 Å². The molecule has 4 nitrogen and oxygen atoms in total. The zero-order chi connectivity index (χ0) is 8.97. The molecular weight excluding hydrogens is 156 g/mol. The number of rotatable bonds is 3. The fourth-order valence-electron chi connectivity index (χ4n) is 0.664. The number of hydrogen-bond donors (Lipinski definition) is 1. The van der Waals surface area contributed by atoms with Crippen molar-refractivity contribution >= 4 is 0 Å². The molecule has 0 aliphatic carbocycles. The molecular formula is C8H12N2O2. The maximum atomic E-state index is 10.6. The minimum Gasteiger partial charge on any atom is -0.476 e. The van der Waals surface area contributed by atoms with Crippen LogP contribution < -0.4 is 10.3 Å². The minimum absolute atomic E-state index is 0.216. The first kappa shape index (κ1) is 8.77. The van der Waals surface area contributed by atoms with Crippen molar-refractivity contribution in [2.75, 3.05) is 6.61 Å². The molecule has 0 spiro atoms. The quantitative estimate of drug-likeness (QED) is 0.726. The first-order valence-corrected chi connectivity index (χ1v) is 3.87. The lowest BCUT2D eigenvalue weighted by Crippen LogP contribution is -2.10. The first-order chi connectivity index (χ1) is 5.68. The van der Waals surface area contributed by atoms with Gasteiger partial charge >= 0.3 is 0 Å². The van der Waals surface area contributed by atoms with Crippen LogP contribution in [-0.4, -0.2) is 16.8 Å². The summed E-state index contributed by atoms with van der Waals surface area (Å²) in [4.78, 5) is 10.6. The van der Waals surface area contributed by atoms with Gasteiger partial charge in [0.2, 0.25) is 5.88 Å². The molecule has 12 heavy (non-hydrogen) atoms. The van der Waals surface area contributed by atoms with E-state index in [1.807, 2.05) is 13.8 Å². The van der Waals surface area contributed by atoms with E-state index < -0.39 is 0 Å². The van der Waals surface area contributed by atoms with Crippen LogP contribution in [0.2, 0.25) is 0 Å². The van der Waals surface area contributed by atoms with Gasteiger partial charge in [-0.2, -0.15) is 0 Å². The third-order valence-electron chi connectivity index (χ3n) is 1.22. The van der Waals surface area contributed by atoms with Gasteiger partial charge in [0.15, 0.2) is 0 Å². The van der Waals surface area contributed by atoms with Crippen molar-refractivity contribution in [2.45, 2.75) is 13.8 Å². The standard InChI is InChI=1S/C8H12N2O2/c1-6(2)5-12-8-4-3-7(11)9-10-8/h3-4,6H,5H2,1-2H3,(H,9,11). The molecule has 0 saturated heterocycles. The molecule has 0 aromatic carbocycles. The molecule has 1 aromatic rings. The number of nitrogens with one attached hydrogen (secondary N) is 1. The average molecular weight is 168 g/mol. The predicted molar refractivity (Wildman–Crippen MR) is 45.2 cm³/mol. The van der Waals surface area contributed by atoms with Crippen molar-refractivity contribution in [1.29, 1.82) is 0 Å². The van der Waals surface area contributed by atoms with Gasteiger partial charge in [0.1, 0.15) is 0 Å². The fourth-order valence-corrected chi connectivity index (χ4v) is 0.664. The number of H-pyrrole nitrogens is 1. The Balaban J connectivity index is 2.53. The Bertz CT molecular complexity index is 273. The molecule has 0 saturated carbocycles. The molecule has 1 heterocycles. The first-order valence-electron chi connectivity index (χ1n) is 3.87. The van der Waals surface area contributed by atoms with Gasteiger partial charge in [-0.15, -0.1) is 5.10 Å². The highest BCUT2D eigenvalue weighted by Crippen LogP contribution is 2.02. The van der Waals surface area contributed by atoms with Crippen LogP contribution in [0, 0.1) is 5.92 Å². The molecule has 0 amide bonds. The summed E-state index contributed by atoms with van der Waals surface area (Å²) in [6.45, 7) is 4.70. The van der Waals surface area contributed by atoms with Crippen LogP contribution in [0.3, 0.4) is 0 Å². The minimum atomic E-state index is -0.216. The van der Waals surface area contributed by atoms with Crippen molar-refractivity contribution in [2.24, 2.45) is 5.92 Å². The van der Waals surface area contributed by atoms with E-state index in [-0.39, 0.29) is 5.56 Å². The normalized spacial score (nSPS) is 10.2. The molecule has 0 radical (unpaired) electrons. The summed E-state index contributed by atoms with van der Waals surface area (Å²) in [5.74, 6) is 0.919. The number of ether oxygens (including phenoxy) is 1. The van der Waals surface area contributed by atoms with E-state index in [1.54, 1.807) is 6.07 Å². The Morgan fingerprint density at radius 3 is 2.83 bits per heavy atom. The van der Waals surface area contributed by atoms with Gasteiger partial charge < -0.3 is 4.74 Å². The monoisotopic (exact) mass is 168 g/mol. The molecule has 66 valence electrons. The van der Waals surface area contributed by atoms with Crippen molar-refractivity contribution in [3.63, 3.8) is 0 Å². The van der Waals surface area contributed by atoms with Crippen LogP contribution in [0.15, 0.2) is 16.9 Å². The number of aromatic nitrogens is 2. The van der Waals surface area contributed by atoms with E-state index in [0.29, 0.717) is 18.4 Å². The Labute approximate surface area is 70.6 Å². The SMILES string of the molecule is CC(C)COc1ccc(=O)[nH]n1. The topological polar surface area (TPSA) is 55.0 Å². The third kappa shape index (κ3) is 2.74. The van der Waals surface area contributed by atoms with Crippen LogP contribution in [0.5, 0.6) is 5.88 Å². The van der Waals surface area contributed by atoms with E-state index in [9.17, 15) is 4.79 Å². The van der Waals surface area contributed by atoms with Crippen molar-refractivity contribution in [3.8, 4) is 5.88 Å². The maximum absolute atomic E-state index is 10.6. The second-order valence-electron chi connectivity index (χ2n) is 2.96. The summed E-state index contributed by atoms with van der Waals surface area (Å²) in [6.07, 6.45) is 0. The van der Waals surface area contributed by atoms with E-state index >= 15 is 0 Å². The van der Waals surface area contributed by atoms with Crippen molar-refractivity contribution < 1.29 is 4.74 Å². The van der Waals surface area contributed by atoms with Gasteiger partial charge in [-0.1, -0.05) is 13.8 Å². The van der Waals surface area contributed by atoms with E-state index in [0.717, 1.165) is 0 Å². The van der Waals surface area contributed by atoms with E-state index in [4.69, 9.17) is 4.74 Å². The van der Waals surface area contributed by atoms with Crippen LogP contribution in [0.4, 0.5) is 0 Å². The highest BCUT2D eigenvalue weighted by atomic mass is 16.5.